The molecule has 1 amide bonds. The number of amidine groups is 1. The van der Waals surface area contributed by atoms with Crippen LogP contribution in [0.25, 0.3) is 6.08 Å². The molecule has 1 aliphatic rings. The molecule has 0 spiro atoms. The molecule has 1 saturated heterocycles. The van der Waals surface area contributed by atoms with E-state index in [0.717, 1.165) is 28.5 Å². The van der Waals surface area contributed by atoms with E-state index in [1.54, 1.807) is 6.08 Å². The Labute approximate surface area is 170 Å². The van der Waals surface area contributed by atoms with Gasteiger partial charge in [0.25, 0.3) is 16.0 Å². The second-order valence-electron chi connectivity index (χ2n) is 8.59. The first kappa shape index (κ1) is 24.2. The highest BCUT2D eigenvalue weighted by Gasteiger charge is 2.27. The summed E-state index contributed by atoms with van der Waals surface area (Å²) in [6.07, 6.45) is 2.50. The van der Waals surface area contributed by atoms with Crippen LogP contribution in [0.15, 0.2) is 17.0 Å². The highest BCUT2D eigenvalue weighted by atomic mass is 32.2. The molecule has 0 aromatic heterocycles. The van der Waals surface area contributed by atoms with E-state index in [-0.39, 0.29) is 21.9 Å². The van der Waals surface area contributed by atoms with Crippen molar-refractivity contribution in [1.29, 1.82) is 5.41 Å². The molecule has 0 radical (unpaired) electrons. The maximum atomic E-state index is 11.8. The van der Waals surface area contributed by atoms with Gasteiger partial charge in [-0.3, -0.25) is 14.8 Å². The summed E-state index contributed by atoms with van der Waals surface area (Å²) in [5.74, 6) is 0.0751. The summed E-state index contributed by atoms with van der Waals surface area (Å²) < 4.78 is 25.9. The quantitative estimate of drug-likeness (QED) is 0.399. The molecule has 28 heavy (non-hydrogen) atoms. The van der Waals surface area contributed by atoms with Gasteiger partial charge in [0, 0.05) is 11.1 Å². The topological polar surface area (TPSA) is 128 Å². The zero-order chi connectivity index (χ0) is 22.1. The lowest BCUT2D eigenvalue weighted by molar-refractivity contribution is -0.115. The standard InChI is InChI=1S/C18H24N2O2S.CH4O3S/c1-17(2,3)11-7-10(8-12(14(11)21)18(4,5)6)9-13-15(22)20-16(19)23-13;1-5(2,3)4/h7-9,21H,1-6H3,(H2,19,20,22);1H3,(H,2,3,4)/b13-9+;. The number of thioether (sulfide) groups is 1. The minimum atomic E-state index is -3.67. The van der Waals surface area contributed by atoms with Crippen molar-refractivity contribution >= 4 is 39.0 Å². The number of carbonyl (C=O) groups is 1. The van der Waals surface area contributed by atoms with Crippen LogP contribution < -0.4 is 5.32 Å². The Bertz CT molecular complexity index is 878. The van der Waals surface area contributed by atoms with Crippen molar-refractivity contribution in [2.24, 2.45) is 0 Å². The smallest absolute Gasteiger partial charge is 0.264 e. The van der Waals surface area contributed by atoms with Crippen LogP contribution in [0, 0.1) is 5.41 Å². The van der Waals surface area contributed by atoms with E-state index in [9.17, 15) is 18.3 Å². The van der Waals surface area contributed by atoms with Crippen molar-refractivity contribution in [2.75, 3.05) is 6.26 Å². The zero-order valence-electron chi connectivity index (χ0n) is 17.2. The SMILES string of the molecule is CC(C)(C)c1cc(/C=C2/SC(=N)NC2=O)cc(C(C)(C)C)c1O.CS(=O)(=O)O. The van der Waals surface area contributed by atoms with Crippen LogP contribution >= 0.6 is 11.8 Å². The monoisotopic (exact) mass is 428 g/mol. The van der Waals surface area contributed by atoms with Crippen molar-refractivity contribution < 1.29 is 22.9 Å². The average Bonchev–Trinajstić information content (AvgIpc) is 2.74. The van der Waals surface area contributed by atoms with Gasteiger partial charge in [-0.15, -0.1) is 0 Å². The summed E-state index contributed by atoms with van der Waals surface area (Å²) in [5, 5.41) is 20.9. The summed E-state index contributed by atoms with van der Waals surface area (Å²) >= 11 is 1.12. The van der Waals surface area contributed by atoms with Gasteiger partial charge in [0.15, 0.2) is 5.17 Å². The molecule has 1 aromatic carbocycles. The van der Waals surface area contributed by atoms with Crippen LogP contribution in [-0.4, -0.2) is 35.4 Å². The van der Waals surface area contributed by atoms with Crippen LogP contribution in [0.4, 0.5) is 0 Å². The van der Waals surface area contributed by atoms with Gasteiger partial charge < -0.3 is 10.4 Å². The molecule has 0 bridgehead atoms. The minimum absolute atomic E-state index is 0.145. The summed E-state index contributed by atoms with van der Waals surface area (Å²) in [7, 11) is -3.67. The molecule has 4 N–H and O–H groups in total. The molecule has 1 aliphatic heterocycles. The highest BCUT2D eigenvalue weighted by molar-refractivity contribution is 8.18. The second kappa shape index (κ2) is 8.26. The second-order valence-corrected chi connectivity index (χ2v) is 11.1. The number of phenols is 1. The number of amides is 1. The number of aromatic hydroxyl groups is 1. The maximum Gasteiger partial charge on any atom is 0.264 e. The molecule has 0 unspecified atom stereocenters. The van der Waals surface area contributed by atoms with Crippen molar-refractivity contribution in [3.63, 3.8) is 0 Å². The largest absolute Gasteiger partial charge is 0.507 e. The van der Waals surface area contributed by atoms with E-state index in [1.807, 2.05) is 12.1 Å². The molecule has 0 atom stereocenters. The summed E-state index contributed by atoms with van der Waals surface area (Å²) in [4.78, 5) is 12.3. The van der Waals surface area contributed by atoms with Gasteiger partial charge in [-0.1, -0.05) is 41.5 Å². The predicted octanol–water partition coefficient (Wildman–Crippen LogP) is 3.63. The first-order chi connectivity index (χ1) is 12.4. The van der Waals surface area contributed by atoms with E-state index < -0.39 is 10.1 Å². The van der Waals surface area contributed by atoms with Crippen LogP contribution in [0.3, 0.4) is 0 Å². The Hall–Kier alpha value is -1.84. The lowest BCUT2D eigenvalue weighted by Crippen LogP contribution is -2.18. The molecule has 156 valence electrons. The normalized spacial score (nSPS) is 16.6. The Morgan fingerprint density at radius 1 is 1.07 bits per heavy atom. The summed E-state index contributed by atoms with van der Waals surface area (Å²) in [6, 6.07) is 3.85. The van der Waals surface area contributed by atoms with Gasteiger partial charge in [0.05, 0.1) is 11.2 Å². The predicted molar refractivity (Wildman–Crippen MR) is 114 cm³/mol. The number of hydrogen-bond donors (Lipinski definition) is 4. The maximum absolute atomic E-state index is 11.8. The van der Waals surface area contributed by atoms with Gasteiger partial charge in [0.1, 0.15) is 5.75 Å². The number of nitrogens with one attached hydrogen (secondary N) is 2. The van der Waals surface area contributed by atoms with Gasteiger partial charge in [-0.2, -0.15) is 8.42 Å². The van der Waals surface area contributed by atoms with Crippen molar-refractivity contribution in [2.45, 2.75) is 52.4 Å². The van der Waals surface area contributed by atoms with Crippen molar-refractivity contribution in [3.8, 4) is 5.75 Å². The molecule has 7 nitrogen and oxygen atoms in total. The fourth-order valence-electron chi connectivity index (χ4n) is 2.48. The summed E-state index contributed by atoms with van der Waals surface area (Å²) in [6.45, 7) is 12.3. The molecular weight excluding hydrogens is 400 g/mol. The van der Waals surface area contributed by atoms with Gasteiger partial charge in [-0.05, 0) is 46.4 Å². The van der Waals surface area contributed by atoms with E-state index in [0.29, 0.717) is 16.9 Å². The third kappa shape index (κ3) is 7.29. The Balaban J connectivity index is 0.000000696. The number of carbonyl (C=O) groups excluding carboxylic acids is 1. The van der Waals surface area contributed by atoms with Crippen molar-refractivity contribution in [1.82, 2.24) is 5.32 Å². The molecule has 0 aliphatic carbocycles. The van der Waals surface area contributed by atoms with Crippen LogP contribution in [0.1, 0.15) is 58.2 Å². The van der Waals surface area contributed by atoms with Crippen molar-refractivity contribution in [3.05, 3.63) is 33.7 Å². The fraction of sp³-hybridized carbons (Fsp3) is 0.474. The van der Waals surface area contributed by atoms with Crippen LogP contribution in [0.2, 0.25) is 0 Å². The minimum Gasteiger partial charge on any atom is -0.507 e. The van der Waals surface area contributed by atoms with E-state index in [1.165, 1.54) is 0 Å². The van der Waals surface area contributed by atoms with Gasteiger partial charge >= 0.3 is 0 Å². The fourth-order valence-corrected chi connectivity index (χ4v) is 3.18. The molecule has 0 saturated carbocycles. The number of hydrogen-bond acceptors (Lipinski definition) is 6. The Morgan fingerprint density at radius 2 is 1.46 bits per heavy atom. The lowest BCUT2D eigenvalue weighted by atomic mass is 9.78. The van der Waals surface area contributed by atoms with Gasteiger partial charge in [-0.25, -0.2) is 0 Å². The number of phenolic OH excluding ortho intramolecular Hbond substituents is 1. The number of benzene rings is 1. The Morgan fingerprint density at radius 3 is 1.75 bits per heavy atom. The van der Waals surface area contributed by atoms with Crippen LogP contribution in [0.5, 0.6) is 5.75 Å². The molecule has 1 heterocycles. The molecule has 9 heteroatoms. The lowest BCUT2D eigenvalue weighted by Gasteiger charge is -2.28. The average molecular weight is 429 g/mol. The van der Waals surface area contributed by atoms with E-state index in [4.69, 9.17) is 9.96 Å². The van der Waals surface area contributed by atoms with Gasteiger partial charge in [0.2, 0.25) is 0 Å². The molecule has 1 aromatic rings. The number of rotatable bonds is 1. The zero-order valence-corrected chi connectivity index (χ0v) is 18.8. The first-order valence-corrected chi connectivity index (χ1v) is 11.2. The molecule has 2 rings (SSSR count). The first-order valence-electron chi connectivity index (χ1n) is 8.49. The summed E-state index contributed by atoms with van der Waals surface area (Å²) in [5.41, 5.74) is 2.16. The third-order valence-corrected chi connectivity index (χ3v) is 4.54. The van der Waals surface area contributed by atoms with Crippen LogP contribution in [-0.2, 0) is 25.7 Å². The Kier molecular flexibility index (Phi) is 7.14. The molecule has 1 fully saturated rings. The molecular formula is C19H28N2O5S2. The van der Waals surface area contributed by atoms with E-state index >= 15 is 0 Å². The highest BCUT2D eigenvalue weighted by Crippen LogP contribution is 2.40. The third-order valence-electron chi connectivity index (χ3n) is 3.71. The van der Waals surface area contributed by atoms with E-state index in [2.05, 4.69) is 46.9 Å².